The van der Waals surface area contributed by atoms with Crippen LogP contribution in [0.15, 0.2) is 27.1 Å². The molecule has 0 spiro atoms. The Balaban J connectivity index is 0.00000200. The Morgan fingerprint density at radius 2 is 1.81 bits per heavy atom. The molecule has 0 saturated carbocycles. The van der Waals surface area contributed by atoms with Gasteiger partial charge in [-0.2, -0.15) is 0 Å². The van der Waals surface area contributed by atoms with Crippen LogP contribution in [0.3, 0.4) is 0 Å². The van der Waals surface area contributed by atoms with Gasteiger partial charge in [-0.05, 0) is 29.7 Å². The number of piperazine rings is 1. The van der Waals surface area contributed by atoms with E-state index in [4.69, 9.17) is 0 Å². The Kier molecular flexibility index (Phi) is 10.8. The van der Waals surface area contributed by atoms with Crippen molar-refractivity contribution < 1.29 is 0 Å². The normalized spacial score (nSPS) is 18.3. The summed E-state index contributed by atoms with van der Waals surface area (Å²) in [6.07, 6.45) is 1.20. The number of nitrogens with one attached hydrogen (secondary N) is 1. The molecule has 0 aromatic heterocycles. The third kappa shape index (κ3) is 5.67. The van der Waals surface area contributed by atoms with Gasteiger partial charge in [0.25, 0.3) is 0 Å². The molecular formula is C15H24Br2Cl2N2. The quantitative estimate of drug-likeness (QED) is 0.673. The lowest BCUT2D eigenvalue weighted by Gasteiger charge is -2.39. The number of hydrogen-bond acceptors (Lipinski definition) is 2. The highest BCUT2D eigenvalue weighted by Crippen LogP contribution is 2.36. The molecule has 6 heteroatoms. The van der Waals surface area contributed by atoms with Crippen LogP contribution in [0.25, 0.3) is 0 Å². The molecule has 2 nitrogen and oxygen atoms in total. The number of rotatable bonds is 4. The lowest BCUT2D eigenvalue weighted by Crippen LogP contribution is -2.46. The predicted molar refractivity (Wildman–Crippen MR) is 103 cm³/mol. The third-order valence-electron chi connectivity index (χ3n) is 4.00. The summed E-state index contributed by atoms with van der Waals surface area (Å²) < 4.78 is 2.38. The monoisotopic (exact) mass is 460 g/mol. The van der Waals surface area contributed by atoms with Crippen molar-refractivity contribution in [3.8, 4) is 0 Å². The molecule has 0 bridgehead atoms. The van der Waals surface area contributed by atoms with E-state index >= 15 is 0 Å². The second-order valence-corrected chi connectivity index (χ2v) is 7.05. The number of benzene rings is 1. The molecule has 0 radical (unpaired) electrons. The highest BCUT2D eigenvalue weighted by molar-refractivity contribution is 9.11. The summed E-state index contributed by atoms with van der Waals surface area (Å²) in [6, 6.07) is 7.01. The van der Waals surface area contributed by atoms with Crippen molar-refractivity contribution in [3.63, 3.8) is 0 Å². The summed E-state index contributed by atoms with van der Waals surface area (Å²) in [6.45, 7) is 9.10. The van der Waals surface area contributed by atoms with Crippen LogP contribution in [0.5, 0.6) is 0 Å². The zero-order chi connectivity index (χ0) is 13.8. The van der Waals surface area contributed by atoms with Crippen molar-refractivity contribution in [1.82, 2.24) is 10.2 Å². The first-order valence-electron chi connectivity index (χ1n) is 7.03. The second-order valence-electron chi connectivity index (χ2n) is 5.28. The lowest BCUT2D eigenvalue weighted by molar-refractivity contribution is 0.128. The minimum absolute atomic E-state index is 0. The first kappa shape index (κ1) is 21.7. The summed E-state index contributed by atoms with van der Waals surface area (Å²) >= 11 is 7.34. The van der Waals surface area contributed by atoms with Crippen molar-refractivity contribution in [2.45, 2.75) is 26.3 Å². The fraction of sp³-hybridized carbons (Fsp3) is 0.600. The minimum Gasteiger partial charge on any atom is -0.314 e. The molecule has 1 fully saturated rings. The molecule has 2 atom stereocenters. The average molecular weight is 463 g/mol. The Labute approximate surface area is 157 Å². The van der Waals surface area contributed by atoms with Gasteiger partial charge in [0.05, 0.1) is 0 Å². The van der Waals surface area contributed by atoms with E-state index in [1.165, 1.54) is 16.5 Å². The SMILES string of the molecule is CCC(C)[C@H](c1cc(Br)ccc1Br)N1CCNCC1.Cl.Cl. The second kappa shape index (κ2) is 10.5. The Bertz CT molecular complexity index is 426. The van der Waals surface area contributed by atoms with Gasteiger partial charge in [-0.1, -0.05) is 52.1 Å². The summed E-state index contributed by atoms with van der Waals surface area (Å²) in [7, 11) is 0. The Morgan fingerprint density at radius 3 is 2.38 bits per heavy atom. The first-order valence-corrected chi connectivity index (χ1v) is 8.61. The average Bonchev–Trinajstić information content (AvgIpc) is 2.44. The fourth-order valence-corrected chi connectivity index (χ4v) is 3.65. The van der Waals surface area contributed by atoms with Crippen LogP contribution in [0.2, 0.25) is 0 Å². The van der Waals surface area contributed by atoms with Gasteiger partial charge in [-0.25, -0.2) is 0 Å². The molecule has 1 aliphatic heterocycles. The molecule has 0 amide bonds. The number of hydrogen-bond donors (Lipinski definition) is 1. The van der Waals surface area contributed by atoms with Crippen molar-refractivity contribution in [2.24, 2.45) is 5.92 Å². The van der Waals surface area contributed by atoms with Crippen LogP contribution >= 0.6 is 56.7 Å². The molecule has 1 heterocycles. The van der Waals surface area contributed by atoms with Gasteiger partial charge in [0, 0.05) is 41.2 Å². The lowest BCUT2D eigenvalue weighted by atomic mass is 9.90. The van der Waals surface area contributed by atoms with E-state index in [1.807, 2.05) is 0 Å². The van der Waals surface area contributed by atoms with Gasteiger partial charge in [0.1, 0.15) is 0 Å². The fourth-order valence-electron chi connectivity index (χ4n) is 2.79. The van der Waals surface area contributed by atoms with Gasteiger partial charge in [0.2, 0.25) is 0 Å². The van der Waals surface area contributed by atoms with Gasteiger partial charge >= 0.3 is 0 Å². The van der Waals surface area contributed by atoms with Crippen molar-refractivity contribution in [2.75, 3.05) is 26.2 Å². The zero-order valence-electron chi connectivity index (χ0n) is 12.4. The summed E-state index contributed by atoms with van der Waals surface area (Å²) in [5.74, 6) is 0.656. The van der Waals surface area contributed by atoms with Crippen LogP contribution in [-0.2, 0) is 0 Å². The maximum absolute atomic E-state index is 3.73. The maximum Gasteiger partial charge on any atom is 0.0386 e. The topological polar surface area (TPSA) is 15.3 Å². The molecule has 1 saturated heterocycles. The van der Waals surface area contributed by atoms with E-state index in [2.05, 4.69) is 74.1 Å². The number of halogens is 4. The molecular weight excluding hydrogens is 439 g/mol. The summed E-state index contributed by atoms with van der Waals surface area (Å²) in [5, 5.41) is 3.44. The van der Waals surface area contributed by atoms with E-state index in [9.17, 15) is 0 Å². The molecule has 122 valence electrons. The Hall–Kier alpha value is 0.680. The molecule has 1 unspecified atom stereocenters. The van der Waals surface area contributed by atoms with Crippen LogP contribution in [0, 0.1) is 5.92 Å². The molecule has 2 rings (SSSR count). The van der Waals surface area contributed by atoms with Crippen molar-refractivity contribution in [3.05, 3.63) is 32.7 Å². The highest BCUT2D eigenvalue weighted by atomic mass is 79.9. The van der Waals surface area contributed by atoms with Gasteiger partial charge in [-0.15, -0.1) is 24.8 Å². The number of nitrogens with zero attached hydrogens (tertiary/aromatic N) is 1. The van der Waals surface area contributed by atoms with Crippen molar-refractivity contribution >= 4 is 56.7 Å². The van der Waals surface area contributed by atoms with E-state index in [0.717, 1.165) is 30.7 Å². The molecule has 1 N–H and O–H groups in total. The van der Waals surface area contributed by atoms with Crippen molar-refractivity contribution in [1.29, 1.82) is 0 Å². The van der Waals surface area contributed by atoms with Crippen LogP contribution in [0.4, 0.5) is 0 Å². The zero-order valence-corrected chi connectivity index (χ0v) is 17.2. The largest absolute Gasteiger partial charge is 0.314 e. The summed E-state index contributed by atoms with van der Waals surface area (Å²) in [5.41, 5.74) is 1.41. The summed E-state index contributed by atoms with van der Waals surface area (Å²) in [4.78, 5) is 2.62. The van der Waals surface area contributed by atoms with Gasteiger partial charge in [0.15, 0.2) is 0 Å². The first-order chi connectivity index (χ1) is 9.13. The molecule has 1 aromatic rings. The van der Waals surface area contributed by atoms with E-state index in [1.54, 1.807) is 0 Å². The van der Waals surface area contributed by atoms with Crippen LogP contribution in [0.1, 0.15) is 31.9 Å². The standard InChI is InChI=1S/C15H22Br2N2.2ClH/c1-3-11(2)15(19-8-6-18-7-9-19)13-10-12(16)4-5-14(13)17;;/h4-5,10-11,15,18H,3,6-9H2,1-2H3;2*1H/t11?,15-;;/m1../s1. The molecule has 1 aliphatic rings. The van der Waals surface area contributed by atoms with Gasteiger partial charge in [-0.3, -0.25) is 4.90 Å². The Morgan fingerprint density at radius 1 is 1.19 bits per heavy atom. The predicted octanol–water partition coefficient (Wildman–Crippen LogP) is 5.05. The van der Waals surface area contributed by atoms with Crippen LogP contribution in [-0.4, -0.2) is 31.1 Å². The minimum atomic E-state index is 0. The van der Waals surface area contributed by atoms with E-state index in [-0.39, 0.29) is 24.8 Å². The third-order valence-corrected chi connectivity index (χ3v) is 5.22. The molecule has 21 heavy (non-hydrogen) atoms. The smallest absolute Gasteiger partial charge is 0.0386 e. The maximum atomic E-state index is 3.73. The highest BCUT2D eigenvalue weighted by Gasteiger charge is 2.27. The van der Waals surface area contributed by atoms with Gasteiger partial charge < -0.3 is 5.32 Å². The van der Waals surface area contributed by atoms with Crippen LogP contribution < -0.4 is 5.32 Å². The van der Waals surface area contributed by atoms with E-state index in [0.29, 0.717) is 12.0 Å². The van der Waals surface area contributed by atoms with E-state index < -0.39 is 0 Å². The molecule has 1 aromatic carbocycles. The molecule has 0 aliphatic carbocycles.